The molecule has 2 heterocycles. The van der Waals surface area contributed by atoms with E-state index >= 15 is 0 Å². The zero-order valence-corrected chi connectivity index (χ0v) is 17.8. The smallest absolute Gasteiger partial charge is 0.276 e. The van der Waals surface area contributed by atoms with Crippen LogP contribution in [0.25, 0.3) is 0 Å². The fourth-order valence-corrected chi connectivity index (χ4v) is 3.67. The lowest BCUT2D eigenvalue weighted by atomic mass is 10.1. The number of aromatic nitrogens is 2. The number of nitrogens with one attached hydrogen (secondary N) is 1. The van der Waals surface area contributed by atoms with Crippen molar-refractivity contribution in [3.05, 3.63) is 107 Å². The number of nitrogens with zero attached hydrogens (tertiary/aromatic N) is 2. The summed E-state index contributed by atoms with van der Waals surface area (Å²) in [5.41, 5.74) is 2.91. The van der Waals surface area contributed by atoms with Crippen molar-refractivity contribution in [2.24, 2.45) is 0 Å². The summed E-state index contributed by atoms with van der Waals surface area (Å²) in [6, 6.07) is 26.1. The van der Waals surface area contributed by atoms with Crippen LogP contribution in [-0.2, 0) is 17.9 Å². The van der Waals surface area contributed by atoms with Gasteiger partial charge in [0.25, 0.3) is 5.91 Å². The first kappa shape index (κ1) is 20.3. The van der Waals surface area contributed by atoms with Gasteiger partial charge in [0.1, 0.15) is 17.6 Å². The third kappa shape index (κ3) is 4.51. The number of hydrogen-bond acceptors (Lipinski definition) is 4. The van der Waals surface area contributed by atoms with Crippen LogP contribution in [-0.4, -0.2) is 15.7 Å². The van der Waals surface area contributed by atoms with Crippen molar-refractivity contribution >= 4 is 23.2 Å². The number of carbonyl (C=O) groups excluding carboxylic acids is 1. The molecule has 0 radical (unpaired) electrons. The minimum Gasteiger partial charge on any atom is -0.457 e. The lowest BCUT2D eigenvalue weighted by Crippen LogP contribution is -2.22. The van der Waals surface area contributed by atoms with Crippen molar-refractivity contribution in [3.8, 4) is 11.5 Å². The summed E-state index contributed by atoms with van der Waals surface area (Å²) >= 11 is 5.97. The Bertz CT molecular complexity index is 1220. The molecule has 1 aromatic heterocycles. The molecule has 0 saturated carbocycles. The highest BCUT2D eigenvalue weighted by molar-refractivity contribution is 6.30. The summed E-state index contributed by atoms with van der Waals surface area (Å²) in [5, 5.41) is 8.05. The Morgan fingerprint density at radius 2 is 1.72 bits per heavy atom. The van der Waals surface area contributed by atoms with Gasteiger partial charge in [-0.3, -0.25) is 9.48 Å². The number of para-hydroxylation sites is 1. The lowest BCUT2D eigenvalue weighted by Gasteiger charge is -2.24. The van der Waals surface area contributed by atoms with E-state index in [0.29, 0.717) is 35.3 Å². The summed E-state index contributed by atoms with van der Waals surface area (Å²) in [6.07, 6.45) is -0.132. The van der Waals surface area contributed by atoms with Crippen molar-refractivity contribution < 1.29 is 14.3 Å². The highest BCUT2D eigenvalue weighted by atomic mass is 35.5. The predicted octanol–water partition coefficient (Wildman–Crippen LogP) is 5.85. The number of anilines is 1. The molecule has 6 nitrogen and oxygen atoms in total. The molecule has 1 aliphatic heterocycles. The molecule has 3 aromatic carbocycles. The third-order valence-electron chi connectivity index (χ3n) is 5.20. The van der Waals surface area contributed by atoms with Gasteiger partial charge >= 0.3 is 0 Å². The molecule has 1 aliphatic rings. The fourth-order valence-electron chi connectivity index (χ4n) is 3.54. The van der Waals surface area contributed by atoms with E-state index in [2.05, 4.69) is 10.4 Å². The molecule has 0 unspecified atom stereocenters. The van der Waals surface area contributed by atoms with Gasteiger partial charge < -0.3 is 14.8 Å². The Balaban J connectivity index is 1.23. The molecule has 7 heteroatoms. The molecular formula is C25H20ClN3O3. The topological polar surface area (TPSA) is 65.4 Å². The predicted molar refractivity (Wildman–Crippen MR) is 122 cm³/mol. The van der Waals surface area contributed by atoms with Crippen molar-refractivity contribution in [1.82, 2.24) is 9.78 Å². The van der Waals surface area contributed by atoms with Crippen molar-refractivity contribution in [2.75, 3.05) is 5.32 Å². The van der Waals surface area contributed by atoms with E-state index < -0.39 is 0 Å². The number of ether oxygens (including phenoxy) is 2. The van der Waals surface area contributed by atoms with Gasteiger partial charge in [0, 0.05) is 10.7 Å². The van der Waals surface area contributed by atoms with Gasteiger partial charge in [-0.15, -0.1) is 0 Å². The summed E-state index contributed by atoms with van der Waals surface area (Å²) in [7, 11) is 0. The Hall–Kier alpha value is -3.61. The number of carbonyl (C=O) groups is 1. The van der Waals surface area contributed by atoms with Gasteiger partial charge in [-0.1, -0.05) is 41.9 Å². The average molecular weight is 446 g/mol. The maximum Gasteiger partial charge on any atom is 0.276 e. The van der Waals surface area contributed by atoms with Crippen LogP contribution in [0.15, 0.2) is 84.9 Å². The first-order valence-corrected chi connectivity index (χ1v) is 10.6. The Morgan fingerprint density at radius 3 is 2.47 bits per heavy atom. The zero-order chi connectivity index (χ0) is 21.9. The molecule has 5 rings (SSSR count). The van der Waals surface area contributed by atoms with E-state index in [1.807, 2.05) is 71.4 Å². The monoisotopic (exact) mass is 445 g/mol. The molecule has 160 valence electrons. The zero-order valence-electron chi connectivity index (χ0n) is 17.1. The molecule has 0 bridgehead atoms. The maximum absolute atomic E-state index is 12.7. The third-order valence-corrected chi connectivity index (χ3v) is 5.45. The second-order valence-electron chi connectivity index (χ2n) is 7.45. The molecular weight excluding hydrogens is 426 g/mol. The van der Waals surface area contributed by atoms with E-state index in [0.717, 1.165) is 17.0 Å². The second-order valence-corrected chi connectivity index (χ2v) is 7.88. The Labute approximate surface area is 190 Å². The quantitative estimate of drug-likeness (QED) is 0.418. The van der Waals surface area contributed by atoms with Gasteiger partial charge in [-0.2, -0.15) is 5.10 Å². The van der Waals surface area contributed by atoms with E-state index in [9.17, 15) is 4.79 Å². The number of benzene rings is 3. The SMILES string of the molecule is O=C(Nc1ccc(Oc2ccccc2)cc1)c1cc2n(n1)C[C@@H](c1ccc(Cl)cc1)OC2. The normalized spacial score (nSPS) is 15.1. The van der Waals surface area contributed by atoms with Crippen LogP contribution in [0.5, 0.6) is 11.5 Å². The fraction of sp³-hybridized carbons (Fsp3) is 0.120. The first-order valence-electron chi connectivity index (χ1n) is 10.2. The van der Waals surface area contributed by atoms with E-state index in [1.54, 1.807) is 18.2 Å². The summed E-state index contributed by atoms with van der Waals surface area (Å²) in [5.74, 6) is 1.18. The molecule has 0 aliphatic carbocycles. The molecule has 0 spiro atoms. The molecule has 0 fully saturated rings. The summed E-state index contributed by atoms with van der Waals surface area (Å²) in [6.45, 7) is 0.925. The molecule has 1 atom stereocenters. The highest BCUT2D eigenvalue weighted by Gasteiger charge is 2.24. The van der Waals surface area contributed by atoms with Gasteiger partial charge in [-0.25, -0.2) is 0 Å². The van der Waals surface area contributed by atoms with Crippen LogP contribution in [0.2, 0.25) is 5.02 Å². The van der Waals surface area contributed by atoms with Crippen LogP contribution in [0.1, 0.15) is 27.8 Å². The minimum atomic E-state index is -0.272. The average Bonchev–Trinajstić information content (AvgIpc) is 3.25. The number of fused-ring (bicyclic) bond motifs is 1. The van der Waals surface area contributed by atoms with E-state index in [1.165, 1.54) is 0 Å². The molecule has 32 heavy (non-hydrogen) atoms. The Morgan fingerprint density at radius 1 is 1.00 bits per heavy atom. The van der Waals surface area contributed by atoms with E-state index in [4.69, 9.17) is 21.1 Å². The van der Waals surface area contributed by atoms with Gasteiger partial charge in [0.15, 0.2) is 5.69 Å². The van der Waals surface area contributed by atoms with Crippen LogP contribution in [0.4, 0.5) is 5.69 Å². The molecule has 1 N–H and O–H groups in total. The first-order chi connectivity index (χ1) is 15.6. The lowest BCUT2D eigenvalue weighted by molar-refractivity contribution is -0.00118. The Kier molecular flexibility index (Phi) is 5.62. The number of hydrogen-bond donors (Lipinski definition) is 1. The highest BCUT2D eigenvalue weighted by Crippen LogP contribution is 2.28. The van der Waals surface area contributed by atoms with Gasteiger partial charge in [-0.05, 0) is 60.2 Å². The van der Waals surface area contributed by atoms with Crippen molar-refractivity contribution in [2.45, 2.75) is 19.3 Å². The number of amides is 1. The molecule has 1 amide bonds. The van der Waals surface area contributed by atoms with Crippen LogP contribution >= 0.6 is 11.6 Å². The number of halogens is 1. The van der Waals surface area contributed by atoms with Crippen LogP contribution in [0.3, 0.4) is 0 Å². The van der Waals surface area contributed by atoms with Crippen LogP contribution < -0.4 is 10.1 Å². The van der Waals surface area contributed by atoms with Gasteiger partial charge in [0.05, 0.1) is 18.8 Å². The van der Waals surface area contributed by atoms with E-state index in [-0.39, 0.29) is 12.0 Å². The summed E-state index contributed by atoms with van der Waals surface area (Å²) in [4.78, 5) is 12.7. The second kappa shape index (κ2) is 8.86. The maximum atomic E-state index is 12.7. The summed E-state index contributed by atoms with van der Waals surface area (Å²) < 4.78 is 13.6. The minimum absolute atomic E-state index is 0.132. The number of rotatable bonds is 5. The van der Waals surface area contributed by atoms with Crippen molar-refractivity contribution in [3.63, 3.8) is 0 Å². The molecule has 4 aromatic rings. The van der Waals surface area contributed by atoms with Crippen LogP contribution in [0, 0.1) is 0 Å². The van der Waals surface area contributed by atoms with Crippen molar-refractivity contribution in [1.29, 1.82) is 0 Å². The standard InChI is InChI=1S/C25H20ClN3O3/c26-18-8-6-17(7-9-18)24-15-29-20(16-31-24)14-23(28-29)25(30)27-19-10-12-22(13-11-19)32-21-4-2-1-3-5-21/h1-14,24H,15-16H2,(H,27,30)/t24-/m0/s1. The largest absolute Gasteiger partial charge is 0.457 e. The molecule has 0 saturated heterocycles. The van der Waals surface area contributed by atoms with Gasteiger partial charge in [0.2, 0.25) is 0 Å².